The lowest BCUT2D eigenvalue weighted by Crippen LogP contribution is -2.34. The second kappa shape index (κ2) is 8.93. The fraction of sp³-hybridized carbons (Fsp3) is 0.118. The lowest BCUT2D eigenvalue weighted by Gasteiger charge is -2.09. The SMILES string of the molecule is O=C(COC(=O)c1ccccc1SC(F)F)NC(=O)c1ccccc1. The molecule has 0 aliphatic heterocycles. The Hall–Kier alpha value is -2.74. The summed E-state index contributed by atoms with van der Waals surface area (Å²) in [7, 11) is 0. The summed E-state index contributed by atoms with van der Waals surface area (Å²) >= 11 is 0.207. The monoisotopic (exact) mass is 365 g/mol. The van der Waals surface area contributed by atoms with Gasteiger partial charge in [-0.05, 0) is 24.3 Å². The summed E-state index contributed by atoms with van der Waals surface area (Å²) in [5.41, 5.74) is 0.204. The molecule has 2 amide bonds. The van der Waals surface area contributed by atoms with Crippen LogP contribution in [0.3, 0.4) is 0 Å². The standard InChI is InChI=1S/C17H13F2NO4S/c18-17(19)25-13-9-5-4-8-12(13)16(23)24-10-14(21)20-15(22)11-6-2-1-3-7-11/h1-9,17H,10H2,(H,20,21,22). The van der Waals surface area contributed by atoms with Crippen LogP contribution in [-0.4, -0.2) is 30.1 Å². The quantitative estimate of drug-likeness (QED) is 0.629. The molecule has 0 fully saturated rings. The summed E-state index contributed by atoms with van der Waals surface area (Å²) in [6, 6.07) is 13.7. The van der Waals surface area contributed by atoms with Crippen LogP contribution in [0.25, 0.3) is 0 Å². The summed E-state index contributed by atoms with van der Waals surface area (Å²) in [6.45, 7) is -0.703. The van der Waals surface area contributed by atoms with Crippen molar-refractivity contribution in [2.24, 2.45) is 0 Å². The Morgan fingerprint density at radius 1 is 1.00 bits per heavy atom. The molecule has 0 radical (unpaired) electrons. The third kappa shape index (κ3) is 5.68. The van der Waals surface area contributed by atoms with Gasteiger partial charge < -0.3 is 4.74 Å². The summed E-state index contributed by atoms with van der Waals surface area (Å²) in [6.07, 6.45) is 0. The number of alkyl halides is 2. The van der Waals surface area contributed by atoms with Gasteiger partial charge in [0.05, 0.1) is 5.56 Å². The van der Waals surface area contributed by atoms with Gasteiger partial charge in [0, 0.05) is 10.5 Å². The normalized spacial score (nSPS) is 10.4. The fourth-order valence-electron chi connectivity index (χ4n) is 1.87. The maximum Gasteiger partial charge on any atom is 0.339 e. The van der Waals surface area contributed by atoms with Gasteiger partial charge >= 0.3 is 5.97 Å². The summed E-state index contributed by atoms with van der Waals surface area (Å²) < 4.78 is 29.8. The highest BCUT2D eigenvalue weighted by molar-refractivity contribution is 7.99. The summed E-state index contributed by atoms with van der Waals surface area (Å²) in [5.74, 6) is -5.07. The molecular formula is C17H13F2NO4S. The number of amides is 2. The minimum absolute atomic E-state index is 0.0447. The molecule has 0 heterocycles. The van der Waals surface area contributed by atoms with E-state index in [1.54, 1.807) is 18.2 Å². The van der Waals surface area contributed by atoms with Crippen molar-refractivity contribution in [1.82, 2.24) is 5.32 Å². The van der Waals surface area contributed by atoms with Gasteiger partial charge in [0.15, 0.2) is 6.61 Å². The number of carbonyl (C=O) groups excluding carboxylic acids is 3. The third-order valence-corrected chi connectivity index (χ3v) is 3.73. The van der Waals surface area contributed by atoms with Crippen molar-refractivity contribution < 1.29 is 27.9 Å². The number of imide groups is 1. The number of benzene rings is 2. The zero-order valence-corrected chi connectivity index (χ0v) is 13.6. The lowest BCUT2D eigenvalue weighted by atomic mass is 10.2. The molecule has 5 nitrogen and oxygen atoms in total. The number of esters is 1. The predicted octanol–water partition coefficient (Wildman–Crippen LogP) is 3.11. The predicted molar refractivity (Wildman–Crippen MR) is 87.5 cm³/mol. The van der Waals surface area contributed by atoms with E-state index < -0.39 is 30.1 Å². The molecule has 0 saturated heterocycles. The van der Waals surface area contributed by atoms with Crippen molar-refractivity contribution in [1.29, 1.82) is 0 Å². The number of rotatable bonds is 6. The molecule has 0 aliphatic carbocycles. The largest absolute Gasteiger partial charge is 0.452 e. The van der Waals surface area contributed by atoms with E-state index in [1.807, 2.05) is 0 Å². The van der Waals surface area contributed by atoms with Crippen LogP contribution in [0.2, 0.25) is 0 Å². The van der Waals surface area contributed by atoms with Gasteiger partial charge in [0.1, 0.15) is 0 Å². The van der Waals surface area contributed by atoms with E-state index in [0.29, 0.717) is 0 Å². The Morgan fingerprint density at radius 3 is 2.32 bits per heavy atom. The highest BCUT2D eigenvalue weighted by Gasteiger charge is 2.18. The topological polar surface area (TPSA) is 72.5 Å². The van der Waals surface area contributed by atoms with E-state index in [9.17, 15) is 23.2 Å². The van der Waals surface area contributed by atoms with E-state index >= 15 is 0 Å². The number of carbonyl (C=O) groups is 3. The zero-order valence-electron chi connectivity index (χ0n) is 12.8. The van der Waals surface area contributed by atoms with Crippen molar-refractivity contribution >= 4 is 29.5 Å². The molecule has 0 aliphatic rings. The first-order valence-corrected chi connectivity index (χ1v) is 7.95. The molecule has 8 heteroatoms. The second-order valence-corrected chi connectivity index (χ2v) is 5.73. The van der Waals surface area contributed by atoms with Crippen LogP contribution in [0.1, 0.15) is 20.7 Å². The van der Waals surface area contributed by atoms with Crippen LogP contribution in [0.15, 0.2) is 59.5 Å². The van der Waals surface area contributed by atoms with Crippen molar-refractivity contribution in [2.75, 3.05) is 6.61 Å². The van der Waals surface area contributed by atoms with Crippen molar-refractivity contribution in [2.45, 2.75) is 10.7 Å². The number of halogens is 2. The fourth-order valence-corrected chi connectivity index (χ4v) is 2.49. The molecule has 130 valence electrons. The number of hydrogen-bond acceptors (Lipinski definition) is 5. The average molecular weight is 365 g/mol. The van der Waals surface area contributed by atoms with Crippen LogP contribution in [0.5, 0.6) is 0 Å². The van der Waals surface area contributed by atoms with Gasteiger partial charge in [-0.3, -0.25) is 14.9 Å². The minimum atomic E-state index is -2.69. The third-order valence-electron chi connectivity index (χ3n) is 2.95. The molecule has 25 heavy (non-hydrogen) atoms. The number of nitrogens with one attached hydrogen (secondary N) is 1. The zero-order chi connectivity index (χ0) is 18.2. The number of thioether (sulfide) groups is 1. The molecule has 0 aromatic heterocycles. The van der Waals surface area contributed by atoms with Crippen molar-refractivity contribution in [3.8, 4) is 0 Å². The van der Waals surface area contributed by atoms with Gasteiger partial charge in [-0.15, -0.1) is 0 Å². The molecule has 2 aromatic carbocycles. The van der Waals surface area contributed by atoms with Gasteiger partial charge in [-0.25, -0.2) is 4.79 Å². The Balaban J connectivity index is 1.92. The van der Waals surface area contributed by atoms with Crippen LogP contribution >= 0.6 is 11.8 Å². The average Bonchev–Trinajstić information content (AvgIpc) is 2.60. The molecule has 0 saturated carbocycles. The van der Waals surface area contributed by atoms with Gasteiger partial charge in [0.2, 0.25) is 0 Å². The maximum absolute atomic E-state index is 12.5. The lowest BCUT2D eigenvalue weighted by molar-refractivity contribution is -0.123. The first-order valence-electron chi connectivity index (χ1n) is 7.07. The van der Waals surface area contributed by atoms with Crippen LogP contribution < -0.4 is 5.32 Å². The van der Waals surface area contributed by atoms with Crippen LogP contribution in [0, 0.1) is 0 Å². The first kappa shape index (κ1) is 18.6. The summed E-state index contributed by atoms with van der Waals surface area (Å²) in [5, 5.41) is 2.07. The molecule has 0 unspecified atom stereocenters. The Labute approximate surface area is 146 Å². The van der Waals surface area contributed by atoms with E-state index in [2.05, 4.69) is 5.32 Å². The maximum atomic E-state index is 12.5. The van der Waals surface area contributed by atoms with Crippen LogP contribution in [0.4, 0.5) is 8.78 Å². The number of ether oxygens (including phenoxy) is 1. The molecule has 1 N–H and O–H groups in total. The van der Waals surface area contributed by atoms with Crippen molar-refractivity contribution in [3.63, 3.8) is 0 Å². The molecule has 2 rings (SSSR count). The molecular weight excluding hydrogens is 352 g/mol. The second-order valence-electron chi connectivity index (χ2n) is 4.69. The molecule has 2 aromatic rings. The van der Waals surface area contributed by atoms with Crippen molar-refractivity contribution in [3.05, 3.63) is 65.7 Å². The van der Waals surface area contributed by atoms with Gasteiger partial charge in [-0.2, -0.15) is 8.78 Å². The van der Waals surface area contributed by atoms with E-state index in [1.165, 1.54) is 36.4 Å². The summed E-state index contributed by atoms with van der Waals surface area (Å²) in [4.78, 5) is 35.5. The van der Waals surface area contributed by atoms with E-state index in [-0.39, 0.29) is 27.8 Å². The highest BCUT2D eigenvalue weighted by atomic mass is 32.2. The van der Waals surface area contributed by atoms with Gasteiger partial charge in [-0.1, -0.05) is 42.1 Å². The number of hydrogen-bond donors (Lipinski definition) is 1. The molecule has 0 bridgehead atoms. The highest BCUT2D eigenvalue weighted by Crippen LogP contribution is 2.28. The smallest absolute Gasteiger partial charge is 0.339 e. The Bertz CT molecular complexity index is 768. The Morgan fingerprint density at radius 2 is 1.64 bits per heavy atom. The molecule has 0 atom stereocenters. The minimum Gasteiger partial charge on any atom is -0.452 e. The Kier molecular flexibility index (Phi) is 6.64. The van der Waals surface area contributed by atoms with Gasteiger partial charge in [0.25, 0.3) is 17.6 Å². The van der Waals surface area contributed by atoms with E-state index in [4.69, 9.17) is 4.74 Å². The molecule has 0 spiro atoms. The first-order chi connectivity index (χ1) is 12.0. The van der Waals surface area contributed by atoms with Crippen LogP contribution in [-0.2, 0) is 9.53 Å². The van der Waals surface area contributed by atoms with E-state index in [0.717, 1.165) is 0 Å².